The van der Waals surface area contributed by atoms with Crippen molar-refractivity contribution in [3.05, 3.63) is 47.7 Å². The fourth-order valence-electron chi connectivity index (χ4n) is 1.08. The zero-order valence-corrected chi connectivity index (χ0v) is 8.25. The molecule has 0 saturated heterocycles. The molecule has 0 bridgehead atoms. The summed E-state index contributed by atoms with van der Waals surface area (Å²) in [6.45, 7) is 0.542. The molecule has 0 heterocycles. The van der Waals surface area contributed by atoms with Crippen LogP contribution in [0.25, 0.3) is 0 Å². The maximum absolute atomic E-state index is 7.70. The van der Waals surface area contributed by atoms with E-state index in [9.17, 15) is 0 Å². The molecule has 0 spiro atoms. The van der Waals surface area contributed by atoms with Gasteiger partial charge in [-0.15, -0.1) is 0 Å². The highest BCUT2D eigenvalue weighted by molar-refractivity contribution is 6.06. The van der Waals surface area contributed by atoms with E-state index >= 15 is 0 Å². The van der Waals surface area contributed by atoms with Gasteiger partial charge in [-0.3, -0.25) is 0 Å². The summed E-state index contributed by atoms with van der Waals surface area (Å²) in [6, 6.07) is 7.70. The third kappa shape index (κ3) is 2.71. The number of nitrogens with one attached hydrogen (secondary N) is 2. The molecule has 0 saturated carbocycles. The maximum Gasteiger partial charge on any atom is 0.0626 e. The topological polar surface area (TPSA) is 61.9 Å². The molecular formula is C11H15N3. The maximum atomic E-state index is 7.70. The lowest BCUT2D eigenvalue weighted by Crippen LogP contribution is -2.00. The third-order valence-electron chi connectivity index (χ3n) is 1.92. The van der Waals surface area contributed by atoms with Crippen LogP contribution in [-0.2, 0) is 6.54 Å². The second-order valence-electron chi connectivity index (χ2n) is 2.94. The first-order valence-corrected chi connectivity index (χ1v) is 4.49. The van der Waals surface area contributed by atoms with Gasteiger partial charge in [0.1, 0.15) is 0 Å². The molecule has 0 fully saturated rings. The molecule has 1 rings (SSSR count). The lowest BCUT2D eigenvalue weighted by Gasteiger charge is -2.00. The largest absolute Gasteiger partial charge is 0.394 e. The Hall–Kier alpha value is -1.61. The van der Waals surface area contributed by atoms with Crippen molar-refractivity contribution in [3.63, 3.8) is 0 Å². The summed E-state index contributed by atoms with van der Waals surface area (Å²) >= 11 is 0. The van der Waals surface area contributed by atoms with E-state index in [4.69, 9.17) is 11.1 Å². The minimum absolute atomic E-state index is 0.489. The standard InChI is InChI=1S/C11H15N3/c1-14-7-6-11(13)10-4-2-9(8-12)3-5-10/h2-7,13-14H,8,12H2,1H3/b7-6-,13-11?. The molecule has 0 aliphatic heterocycles. The summed E-state index contributed by atoms with van der Waals surface area (Å²) in [5.41, 5.74) is 7.95. The van der Waals surface area contributed by atoms with Gasteiger partial charge in [-0.25, -0.2) is 0 Å². The second kappa shape index (κ2) is 5.19. The highest BCUT2D eigenvalue weighted by Crippen LogP contribution is 2.04. The SMILES string of the molecule is CN/C=C\C(=N)c1ccc(CN)cc1. The van der Waals surface area contributed by atoms with Crippen LogP contribution in [0.2, 0.25) is 0 Å². The summed E-state index contributed by atoms with van der Waals surface area (Å²) < 4.78 is 0. The second-order valence-corrected chi connectivity index (χ2v) is 2.94. The lowest BCUT2D eigenvalue weighted by molar-refractivity contribution is 1.07. The average molecular weight is 189 g/mol. The van der Waals surface area contributed by atoms with Crippen LogP contribution in [0, 0.1) is 5.41 Å². The highest BCUT2D eigenvalue weighted by Gasteiger charge is 1.96. The molecule has 0 aliphatic carbocycles. The van der Waals surface area contributed by atoms with E-state index in [0.29, 0.717) is 12.3 Å². The van der Waals surface area contributed by atoms with Gasteiger partial charge in [-0.1, -0.05) is 24.3 Å². The molecule has 3 nitrogen and oxygen atoms in total. The molecule has 0 unspecified atom stereocenters. The van der Waals surface area contributed by atoms with Gasteiger partial charge >= 0.3 is 0 Å². The van der Waals surface area contributed by atoms with Crippen molar-refractivity contribution in [2.45, 2.75) is 6.54 Å². The first-order chi connectivity index (χ1) is 6.77. The minimum Gasteiger partial charge on any atom is -0.394 e. The Morgan fingerprint density at radius 1 is 1.43 bits per heavy atom. The van der Waals surface area contributed by atoms with Gasteiger partial charge in [0.05, 0.1) is 5.71 Å². The number of benzene rings is 1. The minimum atomic E-state index is 0.489. The number of allylic oxidation sites excluding steroid dienone is 1. The van der Waals surface area contributed by atoms with Crippen molar-refractivity contribution in [1.29, 1.82) is 5.41 Å². The summed E-state index contributed by atoms with van der Waals surface area (Å²) in [6.07, 6.45) is 3.45. The molecular weight excluding hydrogens is 174 g/mol. The van der Waals surface area contributed by atoms with E-state index in [1.165, 1.54) is 0 Å². The normalized spacial score (nSPS) is 10.4. The Kier molecular flexibility index (Phi) is 3.88. The van der Waals surface area contributed by atoms with Gasteiger partial charge in [0, 0.05) is 13.6 Å². The van der Waals surface area contributed by atoms with E-state index in [1.54, 1.807) is 19.3 Å². The monoisotopic (exact) mass is 189 g/mol. The molecule has 74 valence electrons. The van der Waals surface area contributed by atoms with Crippen LogP contribution in [0.5, 0.6) is 0 Å². The fraction of sp³-hybridized carbons (Fsp3) is 0.182. The van der Waals surface area contributed by atoms with Crippen LogP contribution >= 0.6 is 0 Å². The average Bonchev–Trinajstić information content (AvgIpc) is 2.26. The van der Waals surface area contributed by atoms with Crippen molar-refractivity contribution in [2.75, 3.05) is 7.05 Å². The van der Waals surface area contributed by atoms with Crippen molar-refractivity contribution in [3.8, 4) is 0 Å². The molecule has 1 aromatic rings. The van der Waals surface area contributed by atoms with E-state index in [1.807, 2.05) is 24.3 Å². The Morgan fingerprint density at radius 2 is 2.07 bits per heavy atom. The molecule has 14 heavy (non-hydrogen) atoms. The van der Waals surface area contributed by atoms with Gasteiger partial charge in [-0.05, 0) is 23.4 Å². The Bertz CT molecular complexity index is 325. The van der Waals surface area contributed by atoms with Crippen LogP contribution in [0.1, 0.15) is 11.1 Å². The molecule has 0 aromatic heterocycles. The first-order valence-electron chi connectivity index (χ1n) is 4.49. The van der Waals surface area contributed by atoms with Crippen LogP contribution in [0.3, 0.4) is 0 Å². The summed E-state index contributed by atoms with van der Waals surface area (Å²) in [5, 5.41) is 10.6. The van der Waals surface area contributed by atoms with E-state index in [2.05, 4.69) is 5.32 Å². The van der Waals surface area contributed by atoms with E-state index in [-0.39, 0.29) is 0 Å². The summed E-state index contributed by atoms with van der Waals surface area (Å²) in [4.78, 5) is 0. The Balaban J connectivity index is 2.76. The van der Waals surface area contributed by atoms with Gasteiger partial charge in [0.2, 0.25) is 0 Å². The first kappa shape index (κ1) is 10.5. The smallest absolute Gasteiger partial charge is 0.0626 e. The quantitative estimate of drug-likeness (QED) is 0.624. The highest BCUT2D eigenvalue weighted by atomic mass is 14.8. The molecule has 0 amide bonds. The summed E-state index contributed by atoms with van der Waals surface area (Å²) in [5.74, 6) is 0. The zero-order chi connectivity index (χ0) is 10.4. The summed E-state index contributed by atoms with van der Waals surface area (Å²) in [7, 11) is 1.81. The zero-order valence-electron chi connectivity index (χ0n) is 8.25. The Morgan fingerprint density at radius 3 is 2.57 bits per heavy atom. The fourth-order valence-corrected chi connectivity index (χ4v) is 1.08. The van der Waals surface area contributed by atoms with E-state index < -0.39 is 0 Å². The van der Waals surface area contributed by atoms with Crippen molar-refractivity contribution >= 4 is 5.71 Å². The number of hydrogen-bond donors (Lipinski definition) is 3. The van der Waals surface area contributed by atoms with E-state index in [0.717, 1.165) is 11.1 Å². The van der Waals surface area contributed by atoms with Gasteiger partial charge in [0.25, 0.3) is 0 Å². The van der Waals surface area contributed by atoms with Gasteiger partial charge in [0.15, 0.2) is 0 Å². The number of rotatable bonds is 4. The van der Waals surface area contributed by atoms with Crippen molar-refractivity contribution < 1.29 is 0 Å². The predicted octanol–water partition coefficient (Wildman–Crippen LogP) is 1.25. The van der Waals surface area contributed by atoms with Crippen LogP contribution < -0.4 is 11.1 Å². The molecule has 1 aromatic carbocycles. The molecule has 4 N–H and O–H groups in total. The van der Waals surface area contributed by atoms with Crippen molar-refractivity contribution in [2.24, 2.45) is 5.73 Å². The van der Waals surface area contributed by atoms with Gasteiger partial charge < -0.3 is 16.5 Å². The molecule has 3 heteroatoms. The predicted molar refractivity (Wildman–Crippen MR) is 59.4 cm³/mol. The molecule has 0 aliphatic rings. The molecule has 0 atom stereocenters. The number of nitrogens with two attached hydrogens (primary N) is 1. The third-order valence-corrected chi connectivity index (χ3v) is 1.92. The van der Waals surface area contributed by atoms with Crippen LogP contribution in [0.4, 0.5) is 0 Å². The Labute approximate surface area is 84.1 Å². The van der Waals surface area contributed by atoms with Gasteiger partial charge in [-0.2, -0.15) is 0 Å². The lowest BCUT2D eigenvalue weighted by atomic mass is 10.1. The van der Waals surface area contributed by atoms with Crippen LogP contribution in [-0.4, -0.2) is 12.8 Å². The van der Waals surface area contributed by atoms with Crippen LogP contribution in [0.15, 0.2) is 36.5 Å². The van der Waals surface area contributed by atoms with Crippen molar-refractivity contribution in [1.82, 2.24) is 5.32 Å². The molecule has 0 radical (unpaired) electrons. The number of hydrogen-bond acceptors (Lipinski definition) is 3.